The number of rotatable bonds is 8. The number of anilines is 1. The number of amides is 1. The summed E-state index contributed by atoms with van der Waals surface area (Å²) in [5.41, 5.74) is 3.40. The molecule has 0 bridgehead atoms. The average Bonchev–Trinajstić information content (AvgIpc) is 3.21. The van der Waals surface area contributed by atoms with Crippen LogP contribution in [0.2, 0.25) is 0 Å². The molecule has 0 aromatic heterocycles. The first kappa shape index (κ1) is 22.3. The molecule has 1 fully saturated rings. The fraction of sp³-hybridized carbons (Fsp3) is 0.435. The fourth-order valence-electron chi connectivity index (χ4n) is 3.77. The SMILES string of the molecule is Cc1ccc(NS(=O)(=O)c2cc(C(=O)NCCCN3CCCC3)ccc2C)c(C)c1. The Morgan fingerprint density at radius 1 is 1.00 bits per heavy atom. The molecule has 162 valence electrons. The zero-order chi connectivity index (χ0) is 21.7. The van der Waals surface area contributed by atoms with Crippen molar-refractivity contribution in [2.75, 3.05) is 30.9 Å². The van der Waals surface area contributed by atoms with Crippen LogP contribution in [0, 0.1) is 20.8 Å². The molecule has 2 aromatic rings. The Morgan fingerprint density at radius 3 is 2.43 bits per heavy atom. The molecule has 1 saturated heterocycles. The zero-order valence-electron chi connectivity index (χ0n) is 18.0. The first-order valence-corrected chi connectivity index (χ1v) is 12.0. The third-order valence-corrected chi connectivity index (χ3v) is 7.01. The van der Waals surface area contributed by atoms with Crippen molar-refractivity contribution in [3.8, 4) is 0 Å². The van der Waals surface area contributed by atoms with Crippen molar-refractivity contribution >= 4 is 21.6 Å². The third-order valence-electron chi connectivity index (χ3n) is 5.50. The lowest BCUT2D eigenvalue weighted by molar-refractivity contribution is 0.0952. The van der Waals surface area contributed by atoms with Crippen LogP contribution in [0.25, 0.3) is 0 Å². The molecule has 0 spiro atoms. The summed E-state index contributed by atoms with van der Waals surface area (Å²) in [5, 5.41) is 2.91. The highest BCUT2D eigenvalue weighted by Gasteiger charge is 2.20. The molecule has 7 heteroatoms. The van der Waals surface area contributed by atoms with Gasteiger partial charge in [-0.15, -0.1) is 0 Å². The maximum Gasteiger partial charge on any atom is 0.262 e. The van der Waals surface area contributed by atoms with Gasteiger partial charge in [0.2, 0.25) is 0 Å². The van der Waals surface area contributed by atoms with Gasteiger partial charge in [-0.05, 0) is 89.0 Å². The van der Waals surface area contributed by atoms with Crippen LogP contribution in [0.3, 0.4) is 0 Å². The molecule has 1 amide bonds. The van der Waals surface area contributed by atoms with Crippen molar-refractivity contribution < 1.29 is 13.2 Å². The van der Waals surface area contributed by atoms with Gasteiger partial charge in [0.15, 0.2) is 0 Å². The number of sulfonamides is 1. The van der Waals surface area contributed by atoms with Crippen LogP contribution in [0.1, 0.15) is 46.3 Å². The largest absolute Gasteiger partial charge is 0.352 e. The number of nitrogens with one attached hydrogen (secondary N) is 2. The number of carbonyl (C=O) groups is 1. The van der Waals surface area contributed by atoms with Gasteiger partial charge < -0.3 is 10.2 Å². The summed E-state index contributed by atoms with van der Waals surface area (Å²) in [4.78, 5) is 15.1. The number of likely N-dealkylation sites (tertiary alicyclic amines) is 1. The van der Waals surface area contributed by atoms with Crippen LogP contribution >= 0.6 is 0 Å². The molecule has 0 radical (unpaired) electrons. The molecule has 1 aliphatic heterocycles. The van der Waals surface area contributed by atoms with E-state index in [0.29, 0.717) is 23.4 Å². The second kappa shape index (κ2) is 9.62. The van der Waals surface area contributed by atoms with Crippen LogP contribution in [0.15, 0.2) is 41.3 Å². The fourth-order valence-corrected chi connectivity index (χ4v) is 5.17. The van der Waals surface area contributed by atoms with E-state index in [9.17, 15) is 13.2 Å². The van der Waals surface area contributed by atoms with Crippen LogP contribution in [0.4, 0.5) is 5.69 Å². The van der Waals surface area contributed by atoms with Gasteiger partial charge in [-0.2, -0.15) is 0 Å². The number of carbonyl (C=O) groups excluding carboxylic acids is 1. The van der Waals surface area contributed by atoms with E-state index in [1.54, 1.807) is 25.1 Å². The van der Waals surface area contributed by atoms with Gasteiger partial charge >= 0.3 is 0 Å². The molecule has 0 unspecified atom stereocenters. The molecule has 2 N–H and O–H groups in total. The van der Waals surface area contributed by atoms with Crippen LogP contribution < -0.4 is 10.0 Å². The van der Waals surface area contributed by atoms with Gasteiger partial charge in [-0.1, -0.05) is 23.8 Å². The van der Waals surface area contributed by atoms with E-state index in [4.69, 9.17) is 0 Å². The molecular formula is C23H31N3O3S. The first-order valence-electron chi connectivity index (χ1n) is 10.5. The maximum absolute atomic E-state index is 13.0. The summed E-state index contributed by atoms with van der Waals surface area (Å²) in [6.45, 7) is 9.39. The smallest absolute Gasteiger partial charge is 0.262 e. The highest BCUT2D eigenvalue weighted by molar-refractivity contribution is 7.92. The summed E-state index contributed by atoms with van der Waals surface area (Å²) in [6.07, 6.45) is 3.39. The molecule has 1 heterocycles. The molecule has 0 saturated carbocycles. The van der Waals surface area contributed by atoms with Crippen LogP contribution in [0.5, 0.6) is 0 Å². The Kier molecular flexibility index (Phi) is 7.15. The topological polar surface area (TPSA) is 78.5 Å². The average molecular weight is 430 g/mol. The lowest BCUT2D eigenvalue weighted by Gasteiger charge is -2.15. The maximum atomic E-state index is 13.0. The Hall–Kier alpha value is -2.38. The van der Waals surface area contributed by atoms with Crippen LogP contribution in [-0.2, 0) is 10.0 Å². The highest BCUT2D eigenvalue weighted by Crippen LogP contribution is 2.23. The molecule has 0 atom stereocenters. The Morgan fingerprint density at radius 2 is 1.73 bits per heavy atom. The second-order valence-corrected chi connectivity index (χ2v) is 9.71. The number of hydrogen-bond acceptors (Lipinski definition) is 4. The summed E-state index contributed by atoms with van der Waals surface area (Å²) in [5.74, 6) is -0.251. The van der Waals surface area contributed by atoms with Gasteiger partial charge in [0.05, 0.1) is 10.6 Å². The number of hydrogen-bond donors (Lipinski definition) is 2. The van der Waals surface area contributed by atoms with E-state index in [1.165, 1.54) is 18.9 Å². The predicted octanol–water partition coefficient (Wildman–Crippen LogP) is 3.63. The van der Waals surface area contributed by atoms with Gasteiger partial charge in [0.25, 0.3) is 15.9 Å². The monoisotopic (exact) mass is 429 g/mol. The summed E-state index contributed by atoms with van der Waals surface area (Å²) in [7, 11) is -3.81. The number of aryl methyl sites for hydroxylation is 3. The minimum atomic E-state index is -3.81. The lowest BCUT2D eigenvalue weighted by atomic mass is 10.1. The van der Waals surface area contributed by atoms with Crippen molar-refractivity contribution in [1.29, 1.82) is 0 Å². The van der Waals surface area contributed by atoms with Crippen molar-refractivity contribution in [2.45, 2.75) is 44.9 Å². The molecule has 6 nitrogen and oxygen atoms in total. The minimum absolute atomic E-state index is 0.118. The van der Waals surface area contributed by atoms with Crippen molar-refractivity contribution in [3.05, 3.63) is 58.7 Å². The number of nitrogens with zero attached hydrogens (tertiary/aromatic N) is 1. The summed E-state index contributed by atoms with van der Waals surface area (Å²) >= 11 is 0. The van der Waals surface area contributed by atoms with Gasteiger partial charge in [0, 0.05) is 12.1 Å². The van der Waals surface area contributed by atoms with E-state index in [0.717, 1.165) is 37.2 Å². The minimum Gasteiger partial charge on any atom is -0.352 e. The second-order valence-electron chi connectivity index (χ2n) is 8.06. The predicted molar refractivity (Wildman–Crippen MR) is 121 cm³/mol. The van der Waals surface area contributed by atoms with Crippen LogP contribution in [-0.4, -0.2) is 45.4 Å². The van der Waals surface area contributed by atoms with E-state index in [2.05, 4.69) is 14.9 Å². The standard InChI is InChI=1S/C23H31N3O3S/c1-17-7-10-21(19(3)15-17)25-30(28,29)22-16-20(9-8-18(22)2)23(27)24-11-6-14-26-12-4-5-13-26/h7-10,15-16,25H,4-6,11-14H2,1-3H3,(H,24,27). The Bertz CT molecular complexity index is 1010. The van der Waals surface area contributed by atoms with Gasteiger partial charge in [0.1, 0.15) is 0 Å². The van der Waals surface area contributed by atoms with Crippen molar-refractivity contribution in [3.63, 3.8) is 0 Å². The molecular weight excluding hydrogens is 398 g/mol. The van der Waals surface area contributed by atoms with E-state index in [1.807, 2.05) is 26.0 Å². The quantitative estimate of drug-likeness (QED) is 0.628. The summed E-state index contributed by atoms with van der Waals surface area (Å²) in [6, 6.07) is 10.4. The first-order chi connectivity index (χ1) is 14.3. The lowest BCUT2D eigenvalue weighted by Crippen LogP contribution is -2.29. The highest BCUT2D eigenvalue weighted by atomic mass is 32.2. The Balaban J connectivity index is 1.67. The molecule has 1 aliphatic rings. The molecule has 30 heavy (non-hydrogen) atoms. The zero-order valence-corrected chi connectivity index (χ0v) is 18.8. The molecule has 3 rings (SSSR count). The molecule has 2 aromatic carbocycles. The van der Waals surface area contributed by atoms with Crippen molar-refractivity contribution in [2.24, 2.45) is 0 Å². The number of benzene rings is 2. The molecule has 0 aliphatic carbocycles. The van der Waals surface area contributed by atoms with E-state index >= 15 is 0 Å². The van der Waals surface area contributed by atoms with Crippen molar-refractivity contribution in [1.82, 2.24) is 10.2 Å². The normalized spacial score (nSPS) is 14.6. The third kappa shape index (κ3) is 5.61. The van der Waals surface area contributed by atoms with E-state index < -0.39 is 10.0 Å². The van der Waals surface area contributed by atoms with E-state index in [-0.39, 0.29) is 10.8 Å². The van der Waals surface area contributed by atoms with Gasteiger partial charge in [-0.25, -0.2) is 8.42 Å². The summed E-state index contributed by atoms with van der Waals surface area (Å²) < 4.78 is 28.6. The van der Waals surface area contributed by atoms with Gasteiger partial charge in [-0.3, -0.25) is 9.52 Å². The Labute approximate surface area is 179 Å².